The number of thiazole rings is 1. The molecule has 36 heavy (non-hydrogen) atoms. The number of hydrogen-bond acceptors (Lipinski definition) is 6. The van der Waals surface area contributed by atoms with E-state index >= 15 is 0 Å². The summed E-state index contributed by atoms with van der Waals surface area (Å²) in [5.74, 6) is -0.196. The number of fused-ring (bicyclic) bond motifs is 1. The van der Waals surface area contributed by atoms with E-state index in [1.165, 1.54) is 17.8 Å². The first kappa shape index (κ1) is 25.8. The maximum absolute atomic E-state index is 13.4. The summed E-state index contributed by atoms with van der Waals surface area (Å²) in [5, 5.41) is 6.21. The van der Waals surface area contributed by atoms with E-state index in [2.05, 4.69) is 15.6 Å². The number of carbonyl (C=O) groups is 3. The molecule has 0 unspecified atom stereocenters. The molecule has 2 N–H and O–H groups in total. The number of hydrogen-bond donors (Lipinski definition) is 2. The van der Waals surface area contributed by atoms with E-state index in [4.69, 9.17) is 4.74 Å². The van der Waals surface area contributed by atoms with Crippen LogP contribution in [0.5, 0.6) is 0 Å². The highest BCUT2D eigenvalue weighted by atomic mass is 32.1. The SMILES string of the molecule is O=C(NCCCC[C@H](NC(=O)C1CCCCC1)C(=O)c1nc2ccccc2s1)OCc1ccccc1. The molecule has 0 saturated heterocycles. The van der Waals surface area contributed by atoms with Crippen molar-refractivity contribution >= 4 is 39.3 Å². The van der Waals surface area contributed by atoms with E-state index in [1.54, 1.807) is 0 Å². The fourth-order valence-electron chi connectivity index (χ4n) is 4.49. The first-order valence-electron chi connectivity index (χ1n) is 12.7. The number of ether oxygens (including phenoxy) is 1. The minimum atomic E-state index is -0.620. The molecule has 0 radical (unpaired) electrons. The van der Waals surface area contributed by atoms with Crippen LogP contribution in [0.3, 0.4) is 0 Å². The number of nitrogens with one attached hydrogen (secondary N) is 2. The second-order valence-electron chi connectivity index (χ2n) is 9.23. The Bertz CT molecular complexity index is 1120. The Morgan fingerprint density at radius 3 is 2.50 bits per heavy atom. The van der Waals surface area contributed by atoms with Crippen molar-refractivity contribution in [3.63, 3.8) is 0 Å². The average molecular weight is 508 g/mol. The quantitative estimate of drug-likeness (QED) is 0.259. The Labute approximate surface area is 215 Å². The Hall–Kier alpha value is -3.26. The van der Waals surface area contributed by atoms with Crippen LogP contribution in [0.2, 0.25) is 0 Å². The Balaban J connectivity index is 1.29. The molecular weight excluding hydrogens is 474 g/mol. The number of ketones is 1. The van der Waals surface area contributed by atoms with Gasteiger partial charge in [0.25, 0.3) is 0 Å². The number of benzene rings is 2. The molecule has 1 aliphatic rings. The van der Waals surface area contributed by atoms with Gasteiger partial charge in [-0.3, -0.25) is 9.59 Å². The van der Waals surface area contributed by atoms with Crippen LogP contribution in [-0.4, -0.2) is 35.4 Å². The molecule has 7 nitrogen and oxygen atoms in total. The van der Waals surface area contributed by atoms with E-state index in [1.807, 2.05) is 54.6 Å². The van der Waals surface area contributed by atoms with E-state index in [9.17, 15) is 14.4 Å². The van der Waals surface area contributed by atoms with Crippen LogP contribution < -0.4 is 10.6 Å². The minimum Gasteiger partial charge on any atom is -0.445 e. The molecule has 0 bridgehead atoms. The van der Waals surface area contributed by atoms with Crippen molar-refractivity contribution < 1.29 is 19.1 Å². The van der Waals surface area contributed by atoms with Gasteiger partial charge in [0.1, 0.15) is 6.61 Å². The van der Waals surface area contributed by atoms with Gasteiger partial charge in [-0.15, -0.1) is 11.3 Å². The largest absolute Gasteiger partial charge is 0.445 e. The molecule has 2 aromatic carbocycles. The normalized spacial score (nSPS) is 14.8. The third-order valence-corrected chi connectivity index (χ3v) is 7.57. The van der Waals surface area contributed by atoms with Crippen molar-refractivity contribution in [1.29, 1.82) is 0 Å². The van der Waals surface area contributed by atoms with Gasteiger partial charge in [0.15, 0.2) is 5.01 Å². The summed E-state index contributed by atoms with van der Waals surface area (Å²) in [7, 11) is 0. The summed E-state index contributed by atoms with van der Waals surface area (Å²) < 4.78 is 6.19. The van der Waals surface area contributed by atoms with Crippen molar-refractivity contribution in [2.45, 2.75) is 64.0 Å². The predicted octanol–water partition coefficient (Wildman–Crippen LogP) is 5.64. The summed E-state index contributed by atoms with van der Waals surface area (Å²) in [6.45, 7) is 0.658. The zero-order valence-electron chi connectivity index (χ0n) is 20.4. The van der Waals surface area contributed by atoms with E-state index in [0.717, 1.165) is 41.5 Å². The van der Waals surface area contributed by atoms with Gasteiger partial charge in [0, 0.05) is 12.5 Å². The van der Waals surface area contributed by atoms with Crippen LogP contribution >= 0.6 is 11.3 Å². The lowest BCUT2D eigenvalue weighted by molar-refractivity contribution is -0.126. The Morgan fingerprint density at radius 2 is 1.72 bits per heavy atom. The van der Waals surface area contributed by atoms with Gasteiger partial charge < -0.3 is 15.4 Å². The molecule has 1 aromatic heterocycles. The smallest absolute Gasteiger partial charge is 0.407 e. The molecule has 190 valence electrons. The molecule has 1 saturated carbocycles. The molecule has 1 atom stereocenters. The first-order valence-corrected chi connectivity index (χ1v) is 13.6. The first-order chi connectivity index (χ1) is 17.6. The van der Waals surface area contributed by atoms with Crippen LogP contribution in [0.25, 0.3) is 10.2 Å². The number of carbonyl (C=O) groups excluding carboxylic acids is 3. The van der Waals surface area contributed by atoms with E-state index < -0.39 is 12.1 Å². The second-order valence-corrected chi connectivity index (χ2v) is 10.3. The van der Waals surface area contributed by atoms with Crippen molar-refractivity contribution in [2.75, 3.05) is 6.54 Å². The summed E-state index contributed by atoms with van der Waals surface area (Å²) in [5.41, 5.74) is 1.72. The molecule has 4 rings (SSSR count). The fourth-order valence-corrected chi connectivity index (χ4v) is 5.45. The molecule has 8 heteroatoms. The highest BCUT2D eigenvalue weighted by Gasteiger charge is 2.28. The van der Waals surface area contributed by atoms with Gasteiger partial charge in [-0.25, -0.2) is 9.78 Å². The molecule has 1 fully saturated rings. The van der Waals surface area contributed by atoms with Crippen LogP contribution in [-0.2, 0) is 16.1 Å². The lowest BCUT2D eigenvalue weighted by Gasteiger charge is -2.24. The highest BCUT2D eigenvalue weighted by molar-refractivity contribution is 7.20. The van der Waals surface area contributed by atoms with Gasteiger partial charge in [-0.2, -0.15) is 0 Å². The summed E-state index contributed by atoms with van der Waals surface area (Å²) in [6.07, 6.45) is 6.40. The monoisotopic (exact) mass is 507 g/mol. The van der Waals surface area contributed by atoms with Crippen molar-refractivity contribution in [3.8, 4) is 0 Å². The Kier molecular flexibility index (Phi) is 9.44. The molecule has 1 heterocycles. The Morgan fingerprint density at radius 1 is 0.972 bits per heavy atom. The van der Waals surface area contributed by atoms with E-state index in [0.29, 0.717) is 30.8 Å². The van der Waals surface area contributed by atoms with Crippen LogP contribution in [0.4, 0.5) is 4.79 Å². The number of unbranched alkanes of at least 4 members (excludes halogenated alkanes) is 1. The second kappa shape index (κ2) is 13.2. The fraction of sp³-hybridized carbons (Fsp3) is 0.429. The van der Waals surface area contributed by atoms with Crippen LogP contribution in [0, 0.1) is 5.92 Å². The standard InChI is InChI=1S/C28H33N3O4S/c32-25(27-31-22-15-7-8-17-24(22)36-27)23(30-26(33)21-13-5-2-6-14-21)16-9-10-18-29-28(34)35-19-20-11-3-1-4-12-20/h1,3-4,7-8,11-12,15,17,21,23H,2,5-6,9-10,13-14,16,18-19H2,(H,29,34)(H,30,33)/t23-/m0/s1. The maximum atomic E-state index is 13.4. The van der Waals surface area contributed by atoms with E-state index in [-0.39, 0.29) is 24.2 Å². The maximum Gasteiger partial charge on any atom is 0.407 e. The van der Waals surface area contributed by atoms with Gasteiger partial charge in [-0.05, 0) is 49.8 Å². The van der Waals surface area contributed by atoms with Crippen molar-refractivity contribution in [1.82, 2.24) is 15.6 Å². The molecule has 2 amide bonds. The molecule has 0 spiro atoms. The molecular formula is C28H33N3O4S. The lowest BCUT2D eigenvalue weighted by Crippen LogP contribution is -2.44. The minimum absolute atomic E-state index is 0.0227. The number of para-hydroxylation sites is 1. The summed E-state index contributed by atoms with van der Waals surface area (Å²) in [4.78, 5) is 42.8. The number of amides is 2. The third-order valence-electron chi connectivity index (χ3n) is 6.52. The molecule has 3 aromatic rings. The lowest BCUT2D eigenvalue weighted by atomic mass is 9.88. The molecule has 1 aliphatic carbocycles. The zero-order valence-corrected chi connectivity index (χ0v) is 21.2. The zero-order chi connectivity index (χ0) is 25.2. The van der Waals surface area contributed by atoms with Gasteiger partial charge in [0.05, 0.1) is 16.3 Å². The van der Waals surface area contributed by atoms with Crippen molar-refractivity contribution in [3.05, 3.63) is 65.2 Å². The van der Waals surface area contributed by atoms with Gasteiger partial charge in [-0.1, -0.05) is 61.7 Å². The topological polar surface area (TPSA) is 97.4 Å². The average Bonchev–Trinajstić information content (AvgIpc) is 3.36. The highest BCUT2D eigenvalue weighted by Crippen LogP contribution is 2.26. The van der Waals surface area contributed by atoms with Crippen LogP contribution in [0.1, 0.15) is 66.7 Å². The number of alkyl carbamates (subject to hydrolysis) is 1. The van der Waals surface area contributed by atoms with Gasteiger partial charge in [0.2, 0.25) is 11.7 Å². The summed E-state index contributed by atoms with van der Waals surface area (Å²) in [6, 6.07) is 16.6. The number of rotatable bonds is 11. The molecule has 0 aliphatic heterocycles. The third kappa shape index (κ3) is 7.37. The number of Topliss-reactive ketones (excluding diaryl/α,β-unsaturated/α-hetero) is 1. The number of aromatic nitrogens is 1. The number of nitrogens with zero attached hydrogens (tertiary/aromatic N) is 1. The van der Waals surface area contributed by atoms with Crippen LogP contribution in [0.15, 0.2) is 54.6 Å². The van der Waals surface area contributed by atoms with Crippen molar-refractivity contribution in [2.24, 2.45) is 5.92 Å². The van der Waals surface area contributed by atoms with Gasteiger partial charge >= 0.3 is 6.09 Å². The predicted molar refractivity (Wildman–Crippen MR) is 141 cm³/mol. The summed E-state index contributed by atoms with van der Waals surface area (Å²) >= 11 is 1.36.